The zero-order valence-corrected chi connectivity index (χ0v) is 17.7. The SMILES string of the molecule is COc1cc(Nc2nc(N)c(C3=N[C@H](c4ccccc4)CO3)s2)cc(OC)c1OC. The Morgan fingerprint density at radius 2 is 1.77 bits per heavy atom. The third kappa shape index (κ3) is 3.84. The molecule has 0 bridgehead atoms. The van der Waals surface area contributed by atoms with Crippen LogP contribution in [0.2, 0.25) is 0 Å². The number of nitrogens with two attached hydrogens (primary N) is 1. The fraction of sp³-hybridized carbons (Fsp3) is 0.238. The Bertz CT molecular complexity index is 1040. The summed E-state index contributed by atoms with van der Waals surface area (Å²) in [6, 6.07) is 13.6. The smallest absolute Gasteiger partial charge is 0.231 e. The Morgan fingerprint density at radius 3 is 2.40 bits per heavy atom. The molecule has 30 heavy (non-hydrogen) atoms. The lowest BCUT2D eigenvalue weighted by Gasteiger charge is -2.14. The van der Waals surface area contributed by atoms with E-state index < -0.39 is 0 Å². The van der Waals surface area contributed by atoms with Gasteiger partial charge in [-0.05, 0) is 5.56 Å². The minimum Gasteiger partial charge on any atom is -0.493 e. The number of nitrogens with zero attached hydrogens (tertiary/aromatic N) is 2. The van der Waals surface area contributed by atoms with Gasteiger partial charge in [-0.3, -0.25) is 0 Å². The highest BCUT2D eigenvalue weighted by atomic mass is 32.1. The quantitative estimate of drug-likeness (QED) is 0.589. The van der Waals surface area contributed by atoms with E-state index in [1.54, 1.807) is 33.5 Å². The molecule has 0 aliphatic carbocycles. The maximum absolute atomic E-state index is 6.15. The molecule has 3 aromatic rings. The molecule has 1 aliphatic heterocycles. The summed E-state index contributed by atoms with van der Waals surface area (Å²) < 4.78 is 22.0. The number of nitrogens with one attached hydrogen (secondary N) is 1. The topological polar surface area (TPSA) is 100 Å². The summed E-state index contributed by atoms with van der Waals surface area (Å²) in [6.07, 6.45) is 0. The number of nitrogen functional groups attached to an aromatic ring is 1. The molecule has 156 valence electrons. The number of methoxy groups -OCH3 is 3. The molecule has 8 nitrogen and oxygen atoms in total. The van der Waals surface area contributed by atoms with Gasteiger partial charge in [0.15, 0.2) is 16.6 Å². The molecule has 3 N–H and O–H groups in total. The first-order chi connectivity index (χ1) is 14.6. The summed E-state index contributed by atoms with van der Waals surface area (Å²) in [5.74, 6) is 2.47. The molecule has 0 fully saturated rings. The van der Waals surface area contributed by atoms with Gasteiger partial charge in [-0.1, -0.05) is 41.7 Å². The highest BCUT2D eigenvalue weighted by Crippen LogP contribution is 2.41. The molecule has 0 saturated heterocycles. The molecule has 9 heteroatoms. The van der Waals surface area contributed by atoms with Crippen molar-refractivity contribution in [3.63, 3.8) is 0 Å². The van der Waals surface area contributed by atoms with Crippen LogP contribution in [0.4, 0.5) is 16.6 Å². The van der Waals surface area contributed by atoms with E-state index in [2.05, 4.69) is 15.3 Å². The Morgan fingerprint density at radius 1 is 1.07 bits per heavy atom. The number of anilines is 3. The van der Waals surface area contributed by atoms with Crippen LogP contribution in [-0.2, 0) is 4.74 Å². The predicted octanol–water partition coefficient (Wildman–Crippen LogP) is 4.01. The van der Waals surface area contributed by atoms with Gasteiger partial charge in [0.2, 0.25) is 11.6 Å². The molecule has 2 aromatic carbocycles. The van der Waals surface area contributed by atoms with Crippen LogP contribution in [0, 0.1) is 0 Å². The minimum absolute atomic E-state index is 0.0470. The molecule has 0 amide bonds. The Hall–Kier alpha value is -3.46. The fourth-order valence-corrected chi connectivity index (χ4v) is 4.01. The van der Waals surface area contributed by atoms with E-state index in [1.165, 1.54) is 11.3 Å². The molecule has 4 rings (SSSR count). The molecule has 2 heterocycles. The summed E-state index contributed by atoms with van der Waals surface area (Å²) in [7, 11) is 4.70. The molecular weight excluding hydrogens is 404 g/mol. The highest BCUT2D eigenvalue weighted by molar-refractivity contribution is 7.18. The number of benzene rings is 2. The van der Waals surface area contributed by atoms with Crippen molar-refractivity contribution in [1.82, 2.24) is 4.98 Å². The van der Waals surface area contributed by atoms with E-state index in [0.717, 1.165) is 11.3 Å². The summed E-state index contributed by atoms with van der Waals surface area (Å²) in [4.78, 5) is 9.80. The zero-order valence-electron chi connectivity index (χ0n) is 16.8. The second-order valence-electron chi connectivity index (χ2n) is 6.44. The lowest BCUT2D eigenvalue weighted by atomic mass is 10.1. The number of hydrogen-bond donors (Lipinski definition) is 2. The monoisotopic (exact) mass is 426 g/mol. The van der Waals surface area contributed by atoms with Crippen molar-refractivity contribution >= 4 is 33.9 Å². The van der Waals surface area contributed by atoms with Gasteiger partial charge in [-0.25, -0.2) is 9.98 Å². The molecule has 1 aromatic heterocycles. The standard InChI is InChI=1S/C21H22N4O4S/c1-26-15-9-13(10-16(27-2)17(15)28-3)23-21-25-19(22)18(30-21)20-24-14(11-29-20)12-7-5-4-6-8-12/h4-10,14H,11,22H2,1-3H3,(H,23,25)/t14-/m0/s1. The number of ether oxygens (including phenoxy) is 4. The maximum Gasteiger partial charge on any atom is 0.231 e. The van der Waals surface area contributed by atoms with Crippen LogP contribution in [-0.4, -0.2) is 38.8 Å². The first kappa shape index (κ1) is 19.8. The van der Waals surface area contributed by atoms with Crippen molar-refractivity contribution in [1.29, 1.82) is 0 Å². The molecule has 0 unspecified atom stereocenters. The highest BCUT2D eigenvalue weighted by Gasteiger charge is 2.25. The Labute approximate surface area is 178 Å². The van der Waals surface area contributed by atoms with Crippen molar-refractivity contribution < 1.29 is 18.9 Å². The number of rotatable bonds is 7. The number of aromatic nitrogens is 1. The molecule has 0 spiro atoms. The normalized spacial score (nSPS) is 15.3. The summed E-state index contributed by atoms with van der Waals surface area (Å²) in [5, 5.41) is 3.84. The van der Waals surface area contributed by atoms with Crippen LogP contribution in [0.15, 0.2) is 47.5 Å². The second-order valence-corrected chi connectivity index (χ2v) is 7.44. The van der Waals surface area contributed by atoms with Crippen molar-refractivity contribution in [2.24, 2.45) is 4.99 Å². The molecular formula is C21H22N4O4S. The van der Waals surface area contributed by atoms with E-state index in [9.17, 15) is 0 Å². The third-order valence-corrected chi connectivity index (χ3v) is 5.57. The first-order valence-electron chi connectivity index (χ1n) is 9.22. The number of thiazole rings is 1. The lowest BCUT2D eigenvalue weighted by Crippen LogP contribution is -2.02. The summed E-state index contributed by atoms with van der Waals surface area (Å²) in [6.45, 7) is 0.478. The van der Waals surface area contributed by atoms with Crippen LogP contribution in [0.1, 0.15) is 16.5 Å². The second kappa shape index (κ2) is 8.50. The average Bonchev–Trinajstić information content (AvgIpc) is 3.40. The number of hydrogen-bond acceptors (Lipinski definition) is 9. The largest absolute Gasteiger partial charge is 0.493 e. The minimum atomic E-state index is -0.0470. The molecule has 0 saturated carbocycles. The van der Waals surface area contributed by atoms with Gasteiger partial charge in [0.1, 0.15) is 23.3 Å². The van der Waals surface area contributed by atoms with Crippen molar-refractivity contribution in [3.8, 4) is 17.2 Å². The molecule has 0 radical (unpaired) electrons. The maximum atomic E-state index is 6.15. The average molecular weight is 426 g/mol. The van der Waals surface area contributed by atoms with E-state index in [1.807, 2.05) is 30.3 Å². The van der Waals surface area contributed by atoms with Gasteiger partial charge < -0.3 is 30.0 Å². The van der Waals surface area contributed by atoms with Gasteiger partial charge in [0.25, 0.3) is 0 Å². The molecule has 1 aliphatic rings. The van der Waals surface area contributed by atoms with Crippen LogP contribution >= 0.6 is 11.3 Å². The van der Waals surface area contributed by atoms with Crippen LogP contribution in [0.25, 0.3) is 0 Å². The van der Waals surface area contributed by atoms with Crippen molar-refractivity contribution in [2.75, 3.05) is 39.0 Å². The van der Waals surface area contributed by atoms with Crippen molar-refractivity contribution in [2.45, 2.75) is 6.04 Å². The third-order valence-electron chi connectivity index (χ3n) is 4.60. The van der Waals surface area contributed by atoms with Gasteiger partial charge in [-0.15, -0.1) is 0 Å². The zero-order chi connectivity index (χ0) is 21.1. The van der Waals surface area contributed by atoms with Gasteiger partial charge in [0, 0.05) is 17.8 Å². The van der Waals surface area contributed by atoms with Crippen molar-refractivity contribution in [3.05, 3.63) is 52.9 Å². The van der Waals surface area contributed by atoms with E-state index >= 15 is 0 Å². The fourth-order valence-electron chi connectivity index (χ4n) is 3.16. The summed E-state index contributed by atoms with van der Waals surface area (Å²) >= 11 is 1.37. The van der Waals surface area contributed by atoms with E-state index in [4.69, 9.17) is 24.7 Å². The van der Waals surface area contributed by atoms with Gasteiger partial charge in [-0.2, -0.15) is 0 Å². The van der Waals surface area contributed by atoms with E-state index in [0.29, 0.717) is 45.6 Å². The van der Waals surface area contributed by atoms with Crippen LogP contribution < -0.4 is 25.3 Å². The Kier molecular flexibility index (Phi) is 5.62. The first-order valence-corrected chi connectivity index (χ1v) is 10.0. The van der Waals surface area contributed by atoms with Gasteiger partial charge in [0.05, 0.1) is 21.3 Å². The molecule has 1 atom stereocenters. The Balaban J connectivity index is 1.58. The summed E-state index contributed by atoms with van der Waals surface area (Å²) in [5.41, 5.74) is 7.97. The van der Waals surface area contributed by atoms with Crippen LogP contribution in [0.3, 0.4) is 0 Å². The number of aliphatic imine (C=N–C) groups is 1. The predicted molar refractivity (Wildman–Crippen MR) is 118 cm³/mol. The van der Waals surface area contributed by atoms with E-state index in [-0.39, 0.29) is 6.04 Å². The lowest BCUT2D eigenvalue weighted by molar-refractivity contribution is 0.320. The van der Waals surface area contributed by atoms with Crippen LogP contribution in [0.5, 0.6) is 17.2 Å². The van der Waals surface area contributed by atoms with Gasteiger partial charge >= 0.3 is 0 Å².